The highest BCUT2D eigenvalue weighted by Gasteiger charge is 2.17. The topological polar surface area (TPSA) is 98.5 Å². The van der Waals surface area contributed by atoms with Gasteiger partial charge in [-0.3, -0.25) is 14.3 Å². The molecule has 0 aliphatic carbocycles. The van der Waals surface area contributed by atoms with Gasteiger partial charge in [0, 0.05) is 39.8 Å². The van der Waals surface area contributed by atoms with Crippen LogP contribution in [-0.2, 0) is 23.6 Å². The summed E-state index contributed by atoms with van der Waals surface area (Å²) in [4.78, 5) is 37.3. The average Bonchev–Trinajstić information content (AvgIpc) is 2.87. The third-order valence-corrected chi connectivity index (χ3v) is 4.13. The molecule has 0 saturated heterocycles. The van der Waals surface area contributed by atoms with Crippen molar-refractivity contribution in [2.24, 2.45) is 14.1 Å². The average molecular weight is 349 g/mol. The van der Waals surface area contributed by atoms with E-state index in [0.717, 1.165) is 5.69 Å². The molecule has 0 atom stereocenters. The molecular weight excluding hydrogens is 326 g/mol. The summed E-state index contributed by atoms with van der Waals surface area (Å²) in [5.74, 6) is -0.00897. The lowest BCUT2D eigenvalue weighted by molar-refractivity contribution is -0.116. The second-order valence-corrected chi connectivity index (χ2v) is 5.93. The number of nitrogens with zero attached hydrogens (tertiary/aromatic N) is 4. The van der Waals surface area contributed by atoms with Gasteiger partial charge in [0.1, 0.15) is 5.39 Å². The van der Waals surface area contributed by atoms with Gasteiger partial charge in [0.25, 0.3) is 5.56 Å². The molecule has 2 amide bonds. The van der Waals surface area contributed by atoms with Crippen molar-refractivity contribution in [2.75, 3.05) is 26.0 Å². The van der Waals surface area contributed by atoms with Gasteiger partial charge in [-0.2, -0.15) is 5.10 Å². The molecule has 25 heavy (non-hydrogen) atoms. The Labute approximate surface area is 145 Å². The molecule has 2 heterocycles. The highest BCUT2D eigenvalue weighted by Crippen LogP contribution is 2.19. The van der Waals surface area contributed by atoms with Gasteiger partial charge in [0.2, 0.25) is 5.91 Å². The third kappa shape index (κ3) is 3.81. The molecule has 2 aromatic rings. The first-order chi connectivity index (χ1) is 11.8. The Morgan fingerprint density at radius 1 is 1.36 bits per heavy atom. The fourth-order valence-corrected chi connectivity index (χ4v) is 2.54. The number of carbonyl (C=O) groups excluding carboxylic acids is 2. The number of hydrogen-bond donors (Lipinski definition) is 1. The maximum Gasteiger partial charge on any atom is 0.409 e. The molecule has 0 spiro atoms. The lowest BCUT2D eigenvalue weighted by Crippen LogP contribution is -2.28. The molecule has 0 radical (unpaired) electrons. The van der Waals surface area contributed by atoms with Gasteiger partial charge in [0.15, 0.2) is 5.82 Å². The summed E-state index contributed by atoms with van der Waals surface area (Å²) in [6.07, 6.45) is 0.222. The van der Waals surface area contributed by atoms with Crippen LogP contribution >= 0.6 is 0 Å². The smallest absolute Gasteiger partial charge is 0.409 e. The zero-order chi connectivity index (χ0) is 18.7. The van der Waals surface area contributed by atoms with Crippen molar-refractivity contribution in [1.82, 2.24) is 19.2 Å². The van der Waals surface area contributed by atoms with E-state index in [2.05, 4.69) is 15.2 Å². The van der Waals surface area contributed by atoms with E-state index in [1.807, 2.05) is 13.0 Å². The van der Waals surface area contributed by atoms with Crippen LogP contribution in [0.25, 0.3) is 10.9 Å². The normalized spacial score (nSPS) is 10.8. The van der Waals surface area contributed by atoms with Crippen LogP contribution in [0.15, 0.2) is 10.9 Å². The van der Waals surface area contributed by atoms with Crippen molar-refractivity contribution in [3.63, 3.8) is 0 Å². The van der Waals surface area contributed by atoms with Crippen molar-refractivity contribution in [3.05, 3.63) is 22.1 Å². The van der Waals surface area contributed by atoms with E-state index >= 15 is 0 Å². The summed E-state index contributed by atoms with van der Waals surface area (Å²) in [5.41, 5.74) is 1.27. The van der Waals surface area contributed by atoms with Gasteiger partial charge < -0.3 is 19.5 Å². The first-order valence-corrected chi connectivity index (χ1v) is 7.88. The van der Waals surface area contributed by atoms with Gasteiger partial charge in [-0.05, 0) is 19.4 Å². The fraction of sp³-hybridized carbons (Fsp3) is 0.500. The van der Waals surface area contributed by atoms with Crippen LogP contribution < -0.4 is 10.9 Å². The standard InChI is InChI=1S/C16H23N5O4/c1-10-9-11-13(15(23)20(10)3)14(18-21(11)4)17-12(22)7-6-8-19(2)16(24)25-5/h9H,6-8H2,1-5H3,(H,17,18,22). The van der Waals surface area contributed by atoms with Crippen molar-refractivity contribution in [1.29, 1.82) is 0 Å². The first kappa shape index (κ1) is 18.5. The van der Waals surface area contributed by atoms with E-state index < -0.39 is 6.09 Å². The summed E-state index contributed by atoms with van der Waals surface area (Å²) in [7, 11) is 6.31. The monoisotopic (exact) mass is 349 g/mol. The zero-order valence-electron chi connectivity index (χ0n) is 15.1. The summed E-state index contributed by atoms with van der Waals surface area (Å²) in [6, 6.07) is 1.85. The van der Waals surface area contributed by atoms with Crippen LogP contribution in [0.1, 0.15) is 18.5 Å². The van der Waals surface area contributed by atoms with E-state index in [-0.39, 0.29) is 23.7 Å². The number of aryl methyl sites for hydroxylation is 2. The molecule has 0 fully saturated rings. The highest BCUT2D eigenvalue weighted by atomic mass is 16.5. The quantitative estimate of drug-likeness (QED) is 0.868. The Balaban J connectivity index is 2.10. The minimum absolute atomic E-state index is 0.200. The number of aromatic nitrogens is 3. The van der Waals surface area contributed by atoms with Gasteiger partial charge in [-0.1, -0.05) is 0 Å². The Kier molecular flexibility index (Phi) is 5.45. The number of pyridine rings is 1. The molecular formula is C16H23N5O4. The number of fused-ring (bicyclic) bond motifs is 1. The van der Waals surface area contributed by atoms with Gasteiger partial charge in [-0.25, -0.2) is 4.79 Å². The van der Waals surface area contributed by atoms with E-state index in [9.17, 15) is 14.4 Å². The number of ether oxygens (including phenoxy) is 1. The van der Waals surface area contributed by atoms with Crippen molar-refractivity contribution >= 4 is 28.7 Å². The molecule has 0 aliphatic rings. The molecule has 1 N–H and O–H groups in total. The summed E-state index contributed by atoms with van der Waals surface area (Å²) < 4.78 is 7.68. The Bertz CT molecular complexity index is 868. The van der Waals surface area contributed by atoms with E-state index in [0.29, 0.717) is 23.9 Å². The number of methoxy groups -OCH3 is 1. The Hall–Kier alpha value is -2.84. The fourth-order valence-electron chi connectivity index (χ4n) is 2.54. The van der Waals surface area contributed by atoms with Crippen LogP contribution in [0.2, 0.25) is 0 Å². The van der Waals surface area contributed by atoms with E-state index in [1.54, 1.807) is 25.8 Å². The minimum atomic E-state index is -0.449. The number of anilines is 1. The van der Waals surface area contributed by atoms with E-state index in [1.165, 1.54) is 16.6 Å². The van der Waals surface area contributed by atoms with Gasteiger partial charge in [-0.15, -0.1) is 0 Å². The maximum atomic E-state index is 12.5. The van der Waals surface area contributed by atoms with Crippen LogP contribution in [0.3, 0.4) is 0 Å². The minimum Gasteiger partial charge on any atom is -0.453 e. The Morgan fingerprint density at radius 2 is 2.04 bits per heavy atom. The molecule has 2 rings (SSSR count). The summed E-state index contributed by atoms with van der Waals surface area (Å²) in [5, 5.41) is 7.32. The third-order valence-electron chi connectivity index (χ3n) is 4.13. The van der Waals surface area contributed by atoms with E-state index in [4.69, 9.17) is 0 Å². The summed E-state index contributed by atoms with van der Waals surface area (Å²) in [6.45, 7) is 2.23. The van der Waals surface area contributed by atoms with Crippen LogP contribution in [-0.4, -0.2) is 52.0 Å². The van der Waals surface area contributed by atoms with Crippen molar-refractivity contribution in [2.45, 2.75) is 19.8 Å². The predicted molar refractivity (Wildman–Crippen MR) is 93.6 cm³/mol. The maximum absolute atomic E-state index is 12.5. The molecule has 136 valence electrons. The zero-order valence-corrected chi connectivity index (χ0v) is 15.1. The summed E-state index contributed by atoms with van der Waals surface area (Å²) >= 11 is 0. The SMILES string of the molecule is COC(=O)N(C)CCCC(=O)Nc1nn(C)c2cc(C)n(C)c(=O)c12. The number of rotatable bonds is 5. The number of amides is 2. The molecule has 9 heteroatoms. The largest absolute Gasteiger partial charge is 0.453 e. The number of hydrogen-bond acceptors (Lipinski definition) is 5. The molecule has 0 unspecified atom stereocenters. The van der Waals surface area contributed by atoms with Crippen LogP contribution in [0, 0.1) is 6.92 Å². The highest BCUT2D eigenvalue weighted by molar-refractivity contribution is 5.99. The number of carbonyl (C=O) groups is 2. The lowest BCUT2D eigenvalue weighted by Gasteiger charge is -2.14. The van der Waals surface area contributed by atoms with Crippen molar-refractivity contribution < 1.29 is 14.3 Å². The molecule has 0 aliphatic heterocycles. The second kappa shape index (κ2) is 7.37. The predicted octanol–water partition coefficient (Wildman–Crippen LogP) is 0.997. The first-order valence-electron chi connectivity index (χ1n) is 7.88. The molecule has 0 aromatic carbocycles. The van der Waals surface area contributed by atoms with Gasteiger partial charge >= 0.3 is 6.09 Å². The second-order valence-electron chi connectivity index (χ2n) is 5.93. The molecule has 9 nitrogen and oxygen atoms in total. The van der Waals surface area contributed by atoms with Crippen LogP contribution in [0.5, 0.6) is 0 Å². The molecule has 2 aromatic heterocycles. The Morgan fingerprint density at radius 3 is 2.68 bits per heavy atom. The van der Waals surface area contributed by atoms with Gasteiger partial charge in [0.05, 0.1) is 12.6 Å². The molecule has 0 bridgehead atoms. The molecule has 0 saturated carbocycles. The lowest BCUT2D eigenvalue weighted by atomic mass is 10.2. The van der Waals surface area contributed by atoms with Crippen molar-refractivity contribution in [3.8, 4) is 0 Å². The van der Waals surface area contributed by atoms with Crippen LogP contribution in [0.4, 0.5) is 10.6 Å². The number of nitrogens with one attached hydrogen (secondary N) is 1.